The lowest BCUT2D eigenvalue weighted by molar-refractivity contribution is -0.144. The molecule has 0 aromatic rings. The van der Waals surface area contributed by atoms with Crippen LogP contribution in [0.15, 0.2) is 0 Å². The molecule has 1 saturated carbocycles. The normalized spacial score (nSPS) is 30.1. The minimum Gasteiger partial charge on any atom is -0.481 e. The largest absolute Gasteiger partial charge is 0.481 e. The summed E-state index contributed by atoms with van der Waals surface area (Å²) in [5.74, 6) is 0.0188. The fourth-order valence-electron chi connectivity index (χ4n) is 3.05. The number of carboxylic acid groups (broad SMARTS) is 1. The molecule has 2 unspecified atom stereocenters. The van der Waals surface area contributed by atoms with E-state index in [1.165, 1.54) is 19.3 Å². The molecule has 0 aromatic carbocycles. The van der Waals surface area contributed by atoms with E-state index in [1.54, 1.807) is 0 Å². The zero-order valence-electron chi connectivity index (χ0n) is 11.4. The molecule has 2 N–H and O–H groups in total. The Morgan fingerprint density at radius 3 is 2.72 bits per heavy atom. The Morgan fingerprint density at radius 1 is 1.39 bits per heavy atom. The molecule has 2 atom stereocenters. The van der Waals surface area contributed by atoms with Gasteiger partial charge in [-0.15, -0.1) is 0 Å². The van der Waals surface area contributed by atoms with Gasteiger partial charge in [0, 0.05) is 19.1 Å². The number of nitrogens with zero attached hydrogens (tertiary/aromatic N) is 1. The Labute approximate surface area is 110 Å². The molecule has 1 saturated heterocycles. The zero-order valence-corrected chi connectivity index (χ0v) is 11.4. The van der Waals surface area contributed by atoms with Gasteiger partial charge in [0.05, 0.1) is 5.92 Å². The number of carboxylic acids is 1. The second-order valence-corrected chi connectivity index (χ2v) is 5.93. The Bertz CT molecular complexity index is 279. The molecule has 2 aliphatic rings. The quantitative estimate of drug-likeness (QED) is 0.755. The molecule has 0 aromatic heterocycles. The number of piperidine rings is 1. The maximum Gasteiger partial charge on any atom is 0.307 e. The average Bonchev–Trinajstić information content (AvgIpc) is 2.27. The minimum absolute atomic E-state index is 0.191. The highest BCUT2D eigenvalue weighted by molar-refractivity contribution is 5.70. The van der Waals surface area contributed by atoms with Crippen LogP contribution in [0.2, 0.25) is 0 Å². The first-order valence-electron chi connectivity index (χ1n) is 7.37. The third-order valence-electron chi connectivity index (χ3n) is 4.34. The molecule has 1 aliphatic heterocycles. The Kier molecular flexibility index (Phi) is 5.01. The lowest BCUT2D eigenvalue weighted by Crippen LogP contribution is -2.52. The van der Waals surface area contributed by atoms with Gasteiger partial charge in [-0.2, -0.15) is 0 Å². The summed E-state index contributed by atoms with van der Waals surface area (Å²) in [6, 6.07) is 0.368. The second-order valence-electron chi connectivity index (χ2n) is 5.93. The van der Waals surface area contributed by atoms with Crippen LogP contribution in [0.3, 0.4) is 0 Å². The number of likely N-dealkylation sites (tertiary alicyclic amines) is 1. The molecule has 4 heteroatoms. The van der Waals surface area contributed by atoms with Gasteiger partial charge in [0.1, 0.15) is 0 Å². The molecule has 2 fully saturated rings. The van der Waals surface area contributed by atoms with E-state index < -0.39 is 5.97 Å². The number of aliphatic carboxylic acids is 1. The van der Waals surface area contributed by atoms with Crippen LogP contribution in [0.5, 0.6) is 0 Å². The Hall–Kier alpha value is -0.610. The molecule has 0 spiro atoms. The summed E-state index contributed by atoms with van der Waals surface area (Å²) in [5, 5.41) is 12.8. The smallest absolute Gasteiger partial charge is 0.307 e. The molecule has 2 rings (SSSR count). The van der Waals surface area contributed by atoms with Crippen molar-refractivity contribution in [3.05, 3.63) is 0 Å². The van der Waals surface area contributed by atoms with Crippen LogP contribution in [0.25, 0.3) is 0 Å². The third kappa shape index (κ3) is 3.69. The van der Waals surface area contributed by atoms with Crippen molar-refractivity contribution in [2.24, 2.45) is 11.8 Å². The van der Waals surface area contributed by atoms with E-state index in [2.05, 4.69) is 17.1 Å². The van der Waals surface area contributed by atoms with Crippen molar-refractivity contribution in [2.75, 3.05) is 26.2 Å². The number of carbonyl (C=O) groups is 1. The van der Waals surface area contributed by atoms with Crippen molar-refractivity contribution < 1.29 is 9.90 Å². The Balaban J connectivity index is 1.81. The average molecular weight is 254 g/mol. The molecular formula is C14H26N2O2. The van der Waals surface area contributed by atoms with Gasteiger partial charge in [-0.25, -0.2) is 0 Å². The molecule has 4 nitrogen and oxygen atoms in total. The molecule has 1 heterocycles. The summed E-state index contributed by atoms with van der Waals surface area (Å²) in [6.45, 7) is 6.00. The van der Waals surface area contributed by atoms with E-state index in [9.17, 15) is 9.90 Å². The second kappa shape index (κ2) is 6.53. The van der Waals surface area contributed by atoms with Crippen LogP contribution in [0.1, 0.15) is 39.0 Å². The topological polar surface area (TPSA) is 52.6 Å². The third-order valence-corrected chi connectivity index (χ3v) is 4.34. The molecular weight excluding hydrogens is 228 g/mol. The maximum atomic E-state index is 11.2. The number of hydrogen-bond donors (Lipinski definition) is 2. The molecule has 0 amide bonds. The van der Waals surface area contributed by atoms with Crippen molar-refractivity contribution in [3.8, 4) is 0 Å². The van der Waals surface area contributed by atoms with Crippen molar-refractivity contribution in [1.29, 1.82) is 0 Å². The Morgan fingerprint density at radius 2 is 2.17 bits per heavy atom. The van der Waals surface area contributed by atoms with E-state index in [1.807, 2.05) is 0 Å². The van der Waals surface area contributed by atoms with Gasteiger partial charge in [-0.3, -0.25) is 4.79 Å². The first kappa shape index (κ1) is 13.8. The summed E-state index contributed by atoms with van der Waals surface area (Å²) >= 11 is 0. The van der Waals surface area contributed by atoms with Crippen LogP contribution in [-0.2, 0) is 4.79 Å². The molecule has 0 radical (unpaired) electrons. The highest BCUT2D eigenvalue weighted by atomic mass is 16.4. The summed E-state index contributed by atoms with van der Waals surface area (Å²) in [4.78, 5) is 13.5. The molecule has 104 valence electrons. The van der Waals surface area contributed by atoms with Gasteiger partial charge in [0.25, 0.3) is 0 Å². The van der Waals surface area contributed by atoms with E-state index in [-0.39, 0.29) is 5.92 Å². The first-order chi connectivity index (χ1) is 8.69. The van der Waals surface area contributed by atoms with Gasteiger partial charge in [0.15, 0.2) is 0 Å². The molecule has 0 bridgehead atoms. The van der Waals surface area contributed by atoms with E-state index in [4.69, 9.17) is 0 Å². The minimum atomic E-state index is -0.633. The predicted octanol–water partition coefficient (Wildman–Crippen LogP) is 1.56. The summed E-state index contributed by atoms with van der Waals surface area (Å²) in [5.41, 5.74) is 0. The SMILES string of the molecule is CCCN1CC(NCC2CCC2)CC(C(=O)O)C1. The highest BCUT2D eigenvalue weighted by Gasteiger charge is 2.31. The lowest BCUT2D eigenvalue weighted by Gasteiger charge is -2.38. The summed E-state index contributed by atoms with van der Waals surface area (Å²) in [6.07, 6.45) is 5.96. The van der Waals surface area contributed by atoms with Crippen LogP contribution >= 0.6 is 0 Å². The van der Waals surface area contributed by atoms with Crippen LogP contribution in [0, 0.1) is 11.8 Å². The van der Waals surface area contributed by atoms with Gasteiger partial charge in [-0.1, -0.05) is 13.3 Å². The van der Waals surface area contributed by atoms with Crippen LogP contribution in [0.4, 0.5) is 0 Å². The molecule has 18 heavy (non-hydrogen) atoms. The van der Waals surface area contributed by atoms with Crippen LogP contribution < -0.4 is 5.32 Å². The van der Waals surface area contributed by atoms with E-state index in [0.29, 0.717) is 6.04 Å². The van der Waals surface area contributed by atoms with E-state index >= 15 is 0 Å². The van der Waals surface area contributed by atoms with E-state index in [0.717, 1.165) is 44.9 Å². The van der Waals surface area contributed by atoms with Crippen molar-refractivity contribution in [2.45, 2.75) is 45.1 Å². The van der Waals surface area contributed by atoms with Gasteiger partial charge >= 0.3 is 5.97 Å². The molecule has 1 aliphatic carbocycles. The highest BCUT2D eigenvalue weighted by Crippen LogP contribution is 2.26. The van der Waals surface area contributed by atoms with Crippen LogP contribution in [-0.4, -0.2) is 48.2 Å². The number of hydrogen-bond acceptors (Lipinski definition) is 3. The number of rotatable bonds is 6. The lowest BCUT2D eigenvalue weighted by atomic mass is 9.85. The zero-order chi connectivity index (χ0) is 13.0. The van der Waals surface area contributed by atoms with Crippen molar-refractivity contribution in [1.82, 2.24) is 10.2 Å². The standard InChI is InChI=1S/C14H26N2O2/c1-2-6-16-9-12(14(17)18)7-13(10-16)15-8-11-4-3-5-11/h11-13,15H,2-10H2,1H3,(H,17,18). The monoisotopic (exact) mass is 254 g/mol. The summed E-state index contributed by atoms with van der Waals surface area (Å²) in [7, 11) is 0. The van der Waals surface area contributed by atoms with Crippen molar-refractivity contribution in [3.63, 3.8) is 0 Å². The van der Waals surface area contributed by atoms with Crippen molar-refractivity contribution >= 4 is 5.97 Å². The van der Waals surface area contributed by atoms with Gasteiger partial charge in [0.2, 0.25) is 0 Å². The summed E-state index contributed by atoms with van der Waals surface area (Å²) < 4.78 is 0. The van der Waals surface area contributed by atoms with Gasteiger partial charge in [-0.05, 0) is 44.7 Å². The predicted molar refractivity (Wildman–Crippen MR) is 71.6 cm³/mol. The first-order valence-corrected chi connectivity index (χ1v) is 7.37. The fourth-order valence-corrected chi connectivity index (χ4v) is 3.05. The number of nitrogens with one attached hydrogen (secondary N) is 1. The van der Waals surface area contributed by atoms with Gasteiger partial charge < -0.3 is 15.3 Å². The fraction of sp³-hybridized carbons (Fsp3) is 0.929. The maximum absolute atomic E-state index is 11.2.